The maximum atomic E-state index is 2.36. The van der Waals surface area contributed by atoms with Crippen molar-refractivity contribution in [3.8, 4) is 0 Å². The summed E-state index contributed by atoms with van der Waals surface area (Å²) in [6.07, 6.45) is 4.20. The second kappa shape index (κ2) is 6.35. The molecule has 0 bridgehead atoms. The molecule has 0 unspecified atom stereocenters. The summed E-state index contributed by atoms with van der Waals surface area (Å²) in [7, 11) is 0. The molecule has 0 heterocycles. The first kappa shape index (κ1) is 11.8. The van der Waals surface area contributed by atoms with Gasteiger partial charge in [-0.15, -0.1) is 0 Å². The van der Waals surface area contributed by atoms with Crippen molar-refractivity contribution in [2.24, 2.45) is 5.41 Å². The van der Waals surface area contributed by atoms with Crippen LogP contribution in [0, 0.1) is 5.41 Å². The molecule has 11 heavy (non-hydrogen) atoms. The molecule has 0 atom stereocenters. The zero-order valence-corrected chi connectivity index (χ0v) is 11.0. The molecule has 0 fully saturated rings. The summed E-state index contributed by atoms with van der Waals surface area (Å²) < 4.78 is 3.09. The molecule has 0 aromatic heterocycles. The summed E-state index contributed by atoms with van der Waals surface area (Å²) in [4.78, 5) is 0. The predicted molar refractivity (Wildman–Crippen MR) is 54.3 cm³/mol. The first-order chi connectivity index (χ1) is 5.24. The number of hydrogen-bond donors (Lipinski definition) is 0. The first-order valence-electron chi connectivity index (χ1n) is 4.88. The van der Waals surface area contributed by atoms with E-state index in [1.165, 1.54) is 23.6 Å². The van der Waals surface area contributed by atoms with Crippen LogP contribution in [0.4, 0.5) is 0 Å². The summed E-state index contributed by atoms with van der Waals surface area (Å²) in [6.45, 7) is 9.43. The van der Waals surface area contributed by atoms with Gasteiger partial charge in [0.05, 0.1) is 0 Å². The molecule has 0 rings (SSSR count). The average Bonchev–Trinajstić information content (AvgIpc) is 2.08. The zero-order chi connectivity index (χ0) is 8.74. The fraction of sp³-hybridized carbons (Fsp3) is 1.00. The minimum atomic E-state index is 0.194. The molecule has 0 aliphatic heterocycles. The van der Waals surface area contributed by atoms with Gasteiger partial charge >= 0.3 is 82.7 Å². The molecular weight excluding hydrogens is 242 g/mol. The Labute approximate surface area is 82.7 Å². The predicted octanol–water partition coefficient (Wildman–Crippen LogP) is 3.76. The van der Waals surface area contributed by atoms with Crippen molar-refractivity contribution in [2.75, 3.05) is 0 Å². The molecule has 67 valence electrons. The molecule has 1 radical (unpaired) electrons. The van der Waals surface area contributed by atoms with Crippen LogP contribution >= 0.6 is 0 Å². The zero-order valence-electron chi connectivity index (χ0n) is 8.48. The van der Waals surface area contributed by atoms with E-state index in [1.807, 2.05) is 0 Å². The molecule has 0 nitrogen and oxygen atoms in total. The van der Waals surface area contributed by atoms with Crippen LogP contribution in [0.2, 0.25) is 8.73 Å². The van der Waals surface area contributed by atoms with Crippen LogP contribution in [0.3, 0.4) is 0 Å². The van der Waals surface area contributed by atoms with Gasteiger partial charge in [0.2, 0.25) is 0 Å². The molecule has 0 spiro atoms. The normalized spacial score (nSPS) is 12.0. The van der Waals surface area contributed by atoms with E-state index in [2.05, 4.69) is 27.7 Å². The Morgan fingerprint density at radius 1 is 0.909 bits per heavy atom. The van der Waals surface area contributed by atoms with Crippen LogP contribution in [0.15, 0.2) is 0 Å². The van der Waals surface area contributed by atoms with Crippen LogP contribution in [0.5, 0.6) is 0 Å². The SMILES string of the molecule is C[CH2][Sb][CH2]C(CC)(CC)CC. The summed E-state index contributed by atoms with van der Waals surface area (Å²) >= 11 is 0.194. The molecule has 0 N–H and O–H groups in total. The van der Waals surface area contributed by atoms with E-state index in [-0.39, 0.29) is 21.6 Å². The molecular formula is C10H22Sb. The fourth-order valence-electron chi connectivity index (χ4n) is 1.43. The van der Waals surface area contributed by atoms with E-state index < -0.39 is 0 Å². The topological polar surface area (TPSA) is 0 Å². The molecule has 0 aromatic carbocycles. The van der Waals surface area contributed by atoms with E-state index in [0.717, 1.165) is 5.41 Å². The Bertz CT molecular complexity index is 76.6. The summed E-state index contributed by atoms with van der Waals surface area (Å²) in [5.41, 5.74) is 0.743. The van der Waals surface area contributed by atoms with Crippen molar-refractivity contribution < 1.29 is 0 Å². The van der Waals surface area contributed by atoms with Crippen LogP contribution in [-0.4, -0.2) is 21.6 Å². The maximum absolute atomic E-state index is 2.36. The Hall–Kier alpha value is 0.818. The summed E-state index contributed by atoms with van der Waals surface area (Å²) in [6, 6.07) is 0. The van der Waals surface area contributed by atoms with E-state index >= 15 is 0 Å². The minimum absolute atomic E-state index is 0.194. The fourth-order valence-corrected chi connectivity index (χ4v) is 5.34. The Balaban J connectivity index is 3.84. The average molecular weight is 264 g/mol. The van der Waals surface area contributed by atoms with Gasteiger partial charge in [-0.3, -0.25) is 0 Å². The molecule has 0 saturated heterocycles. The van der Waals surface area contributed by atoms with E-state index in [0.29, 0.717) is 0 Å². The first-order valence-corrected chi connectivity index (χ1v) is 8.49. The third-order valence-corrected chi connectivity index (χ3v) is 6.75. The van der Waals surface area contributed by atoms with Crippen LogP contribution in [0.25, 0.3) is 0 Å². The van der Waals surface area contributed by atoms with Crippen molar-refractivity contribution in [1.29, 1.82) is 0 Å². The van der Waals surface area contributed by atoms with Crippen molar-refractivity contribution in [1.82, 2.24) is 0 Å². The van der Waals surface area contributed by atoms with Gasteiger partial charge < -0.3 is 0 Å². The molecule has 0 saturated carbocycles. The summed E-state index contributed by atoms with van der Waals surface area (Å²) in [5, 5.41) is 0. The van der Waals surface area contributed by atoms with Crippen LogP contribution < -0.4 is 0 Å². The van der Waals surface area contributed by atoms with Gasteiger partial charge in [0.25, 0.3) is 0 Å². The van der Waals surface area contributed by atoms with Gasteiger partial charge in [0.1, 0.15) is 0 Å². The Morgan fingerprint density at radius 2 is 1.36 bits per heavy atom. The second-order valence-electron chi connectivity index (χ2n) is 3.26. The Kier molecular flexibility index (Phi) is 6.82. The molecule has 0 aromatic rings. The van der Waals surface area contributed by atoms with Gasteiger partial charge in [-0.1, -0.05) is 0 Å². The van der Waals surface area contributed by atoms with Crippen LogP contribution in [0.1, 0.15) is 47.0 Å². The van der Waals surface area contributed by atoms with Crippen molar-refractivity contribution in [2.45, 2.75) is 55.7 Å². The third-order valence-electron chi connectivity index (χ3n) is 2.92. The molecule has 0 amide bonds. The van der Waals surface area contributed by atoms with Gasteiger partial charge in [0.15, 0.2) is 0 Å². The quantitative estimate of drug-likeness (QED) is 0.641. The Morgan fingerprint density at radius 3 is 1.64 bits per heavy atom. The van der Waals surface area contributed by atoms with E-state index in [4.69, 9.17) is 0 Å². The molecule has 0 aliphatic rings. The van der Waals surface area contributed by atoms with Crippen molar-refractivity contribution in [3.63, 3.8) is 0 Å². The number of hydrogen-bond acceptors (Lipinski definition) is 0. The van der Waals surface area contributed by atoms with Gasteiger partial charge in [-0.05, 0) is 0 Å². The monoisotopic (exact) mass is 263 g/mol. The number of rotatable bonds is 6. The molecule has 0 aliphatic carbocycles. The third kappa shape index (κ3) is 3.83. The van der Waals surface area contributed by atoms with Gasteiger partial charge in [0, 0.05) is 0 Å². The van der Waals surface area contributed by atoms with Gasteiger partial charge in [-0.25, -0.2) is 0 Å². The van der Waals surface area contributed by atoms with E-state index in [9.17, 15) is 0 Å². The molecule has 1 heteroatoms. The van der Waals surface area contributed by atoms with Crippen LogP contribution in [-0.2, 0) is 0 Å². The summed E-state index contributed by atoms with van der Waals surface area (Å²) in [5.74, 6) is 0. The standard InChI is InChI=1S/C8H17.C2H5.Sb/c1-5-8(4,6-2)7-3;1-2;/h4-7H2,1-3H3;1H2,2H3;. The van der Waals surface area contributed by atoms with Crippen molar-refractivity contribution in [3.05, 3.63) is 0 Å². The van der Waals surface area contributed by atoms with Gasteiger partial charge in [-0.2, -0.15) is 0 Å². The van der Waals surface area contributed by atoms with E-state index in [1.54, 1.807) is 4.37 Å². The second-order valence-corrected chi connectivity index (χ2v) is 7.24. The van der Waals surface area contributed by atoms with Crippen molar-refractivity contribution >= 4 is 21.6 Å².